The molecular formula is C28H29ClF3N3O2. The molecule has 37 heavy (non-hydrogen) atoms. The van der Waals surface area contributed by atoms with Gasteiger partial charge in [0.15, 0.2) is 0 Å². The Morgan fingerprint density at radius 1 is 1.11 bits per heavy atom. The molecule has 1 aliphatic rings. The smallest absolute Gasteiger partial charge is 0.417 e. The molecule has 0 radical (unpaired) electrons. The minimum Gasteiger partial charge on any atom is -0.496 e. The van der Waals surface area contributed by atoms with Gasteiger partial charge in [0.05, 0.1) is 18.2 Å². The standard InChI is InChI=1S/C28H29ClF3N3O2/c1-3-21-17-34(27(36)23-10-9-20(29)15-24(23)28(30,31)32)12-13-35(21)25-11-8-18(14-19(25)16-33)22-6-4-5-7-26(22)37-2/h4-11,14-15,21H,3,12-13,16-17,33H2,1-2H3/t21-/m1/s1. The van der Waals surface area contributed by atoms with Gasteiger partial charge in [0.2, 0.25) is 0 Å². The molecule has 9 heteroatoms. The first-order valence-electron chi connectivity index (χ1n) is 12.1. The highest BCUT2D eigenvalue weighted by Gasteiger charge is 2.38. The van der Waals surface area contributed by atoms with E-state index in [2.05, 4.69) is 4.90 Å². The molecule has 196 valence electrons. The van der Waals surface area contributed by atoms with Gasteiger partial charge in [-0.05, 0) is 53.9 Å². The number of alkyl halides is 3. The van der Waals surface area contributed by atoms with Crippen LogP contribution in [0.4, 0.5) is 18.9 Å². The van der Waals surface area contributed by atoms with Gasteiger partial charge in [-0.15, -0.1) is 0 Å². The van der Waals surface area contributed by atoms with E-state index in [1.54, 1.807) is 7.11 Å². The summed E-state index contributed by atoms with van der Waals surface area (Å²) in [5.41, 5.74) is 8.58. The minimum atomic E-state index is -4.68. The number of rotatable bonds is 6. The first kappa shape index (κ1) is 26.8. The molecule has 0 bridgehead atoms. The monoisotopic (exact) mass is 531 g/mol. The van der Waals surface area contributed by atoms with E-state index < -0.39 is 17.6 Å². The molecule has 3 aromatic rings. The molecule has 0 unspecified atom stereocenters. The number of methoxy groups -OCH3 is 1. The summed E-state index contributed by atoms with van der Waals surface area (Å²) in [5.74, 6) is 0.116. The highest BCUT2D eigenvalue weighted by Crippen LogP contribution is 2.36. The van der Waals surface area contributed by atoms with Crippen molar-refractivity contribution in [2.45, 2.75) is 32.1 Å². The molecule has 5 nitrogen and oxygen atoms in total. The Bertz CT molecular complexity index is 1280. The highest BCUT2D eigenvalue weighted by molar-refractivity contribution is 6.30. The van der Waals surface area contributed by atoms with Gasteiger partial charge in [0.25, 0.3) is 5.91 Å². The van der Waals surface area contributed by atoms with Gasteiger partial charge >= 0.3 is 6.18 Å². The lowest BCUT2D eigenvalue weighted by molar-refractivity contribution is -0.138. The van der Waals surface area contributed by atoms with Crippen molar-refractivity contribution in [3.05, 3.63) is 82.4 Å². The summed E-state index contributed by atoms with van der Waals surface area (Å²) in [5, 5.41) is -0.0639. The minimum absolute atomic E-state index is 0.0639. The van der Waals surface area contributed by atoms with E-state index in [9.17, 15) is 18.0 Å². The van der Waals surface area contributed by atoms with Crippen molar-refractivity contribution in [3.63, 3.8) is 0 Å². The summed E-state index contributed by atoms with van der Waals surface area (Å²) in [6.45, 7) is 3.37. The number of hydrogen-bond donors (Lipinski definition) is 1. The van der Waals surface area contributed by atoms with Crippen LogP contribution in [0.15, 0.2) is 60.7 Å². The summed E-state index contributed by atoms with van der Waals surface area (Å²) in [6, 6.07) is 17.0. The zero-order valence-electron chi connectivity index (χ0n) is 20.7. The van der Waals surface area contributed by atoms with Crippen LogP contribution in [0.2, 0.25) is 5.02 Å². The Morgan fingerprint density at radius 2 is 1.86 bits per heavy atom. The van der Waals surface area contributed by atoms with Gasteiger partial charge in [-0.25, -0.2) is 0 Å². The van der Waals surface area contributed by atoms with Crippen molar-refractivity contribution in [1.82, 2.24) is 4.90 Å². The van der Waals surface area contributed by atoms with E-state index in [4.69, 9.17) is 22.1 Å². The van der Waals surface area contributed by atoms with Crippen LogP contribution in [0.25, 0.3) is 11.1 Å². The Kier molecular flexibility index (Phi) is 7.99. The molecule has 1 atom stereocenters. The molecule has 1 amide bonds. The normalized spacial score (nSPS) is 16.1. The lowest BCUT2D eigenvalue weighted by atomic mass is 9.98. The molecule has 0 aromatic heterocycles. The number of carbonyl (C=O) groups excluding carboxylic acids is 1. The van der Waals surface area contributed by atoms with Crippen LogP contribution >= 0.6 is 11.6 Å². The van der Waals surface area contributed by atoms with Crippen molar-refractivity contribution in [3.8, 4) is 16.9 Å². The van der Waals surface area contributed by atoms with Gasteiger partial charge < -0.3 is 20.3 Å². The van der Waals surface area contributed by atoms with E-state index in [0.29, 0.717) is 26.1 Å². The largest absolute Gasteiger partial charge is 0.496 e. The fourth-order valence-electron chi connectivity index (χ4n) is 4.89. The number of para-hydroxylation sites is 1. The maximum atomic E-state index is 13.6. The SMILES string of the molecule is CC[C@@H]1CN(C(=O)c2ccc(Cl)cc2C(F)(F)F)CCN1c1ccc(-c2ccccc2OC)cc1CN. The van der Waals surface area contributed by atoms with Crippen LogP contribution in [0.5, 0.6) is 5.75 Å². The number of benzene rings is 3. The highest BCUT2D eigenvalue weighted by atomic mass is 35.5. The summed E-state index contributed by atoms with van der Waals surface area (Å²) in [4.78, 5) is 16.9. The Morgan fingerprint density at radius 3 is 2.54 bits per heavy atom. The van der Waals surface area contributed by atoms with E-state index in [-0.39, 0.29) is 23.2 Å². The van der Waals surface area contributed by atoms with Crippen molar-refractivity contribution < 1.29 is 22.7 Å². The van der Waals surface area contributed by atoms with E-state index in [1.165, 1.54) is 11.0 Å². The zero-order valence-corrected chi connectivity index (χ0v) is 21.4. The van der Waals surface area contributed by atoms with Crippen molar-refractivity contribution in [2.24, 2.45) is 5.73 Å². The number of carbonyl (C=O) groups is 1. The van der Waals surface area contributed by atoms with Crippen LogP contribution in [0.3, 0.4) is 0 Å². The number of halogens is 4. The Hall–Kier alpha value is -3.23. The van der Waals surface area contributed by atoms with Crippen molar-refractivity contribution in [1.29, 1.82) is 0 Å². The molecule has 1 heterocycles. The number of nitrogens with zero attached hydrogens (tertiary/aromatic N) is 2. The molecule has 1 aliphatic heterocycles. The molecule has 2 N–H and O–H groups in total. The van der Waals surface area contributed by atoms with Crippen molar-refractivity contribution in [2.75, 3.05) is 31.6 Å². The Balaban J connectivity index is 1.60. The summed E-state index contributed by atoms with van der Waals surface area (Å²) in [7, 11) is 1.63. The molecule has 0 aliphatic carbocycles. The predicted molar refractivity (Wildman–Crippen MR) is 140 cm³/mol. The molecule has 0 spiro atoms. The number of anilines is 1. The molecular weight excluding hydrogens is 503 g/mol. The zero-order chi connectivity index (χ0) is 26.7. The lowest BCUT2D eigenvalue weighted by Gasteiger charge is -2.43. The number of piperazine rings is 1. The third-order valence-electron chi connectivity index (χ3n) is 6.79. The lowest BCUT2D eigenvalue weighted by Crippen LogP contribution is -2.55. The fourth-order valence-corrected chi connectivity index (χ4v) is 5.07. The average molecular weight is 532 g/mol. The number of hydrogen-bond acceptors (Lipinski definition) is 4. The van der Waals surface area contributed by atoms with E-state index >= 15 is 0 Å². The van der Waals surface area contributed by atoms with Crippen LogP contribution in [0.1, 0.15) is 34.8 Å². The second kappa shape index (κ2) is 11.0. The van der Waals surface area contributed by atoms with Gasteiger partial charge in [-0.1, -0.05) is 42.8 Å². The summed E-state index contributed by atoms with van der Waals surface area (Å²) < 4.78 is 46.3. The molecule has 1 saturated heterocycles. The number of nitrogens with two attached hydrogens (primary N) is 1. The Labute approximate surface area is 219 Å². The van der Waals surface area contributed by atoms with Gasteiger partial charge in [0, 0.05) is 48.5 Å². The van der Waals surface area contributed by atoms with E-state index in [0.717, 1.165) is 40.3 Å². The number of ether oxygens (including phenoxy) is 1. The van der Waals surface area contributed by atoms with Gasteiger partial charge in [-0.3, -0.25) is 4.79 Å². The quantitative estimate of drug-likeness (QED) is 0.409. The van der Waals surface area contributed by atoms with Crippen LogP contribution in [-0.2, 0) is 12.7 Å². The summed E-state index contributed by atoms with van der Waals surface area (Å²) >= 11 is 5.79. The summed E-state index contributed by atoms with van der Waals surface area (Å²) in [6.07, 6.45) is -3.98. The van der Waals surface area contributed by atoms with Crippen molar-refractivity contribution >= 4 is 23.2 Å². The maximum Gasteiger partial charge on any atom is 0.417 e. The second-order valence-corrected chi connectivity index (χ2v) is 9.38. The van der Waals surface area contributed by atoms with Gasteiger partial charge in [-0.2, -0.15) is 13.2 Å². The topological polar surface area (TPSA) is 58.8 Å². The second-order valence-electron chi connectivity index (χ2n) is 8.94. The first-order valence-corrected chi connectivity index (χ1v) is 12.4. The molecule has 4 rings (SSSR count). The maximum absolute atomic E-state index is 13.6. The third-order valence-corrected chi connectivity index (χ3v) is 7.02. The first-order chi connectivity index (χ1) is 17.7. The average Bonchev–Trinajstić information content (AvgIpc) is 2.91. The number of amides is 1. The van der Waals surface area contributed by atoms with Crippen LogP contribution in [-0.4, -0.2) is 43.6 Å². The fraction of sp³-hybridized carbons (Fsp3) is 0.321. The van der Waals surface area contributed by atoms with Crippen LogP contribution < -0.4 is 15.4 Å². The molecule has 3 aromatic carbocycles. The van der Waals surface area contributed by atoms with E-state index in [1.807, 2.05) is 49.4 Å². The van der Waals surface area contributed by atoms with Crippen LogP contribution in [0, 0.1) is 0 Å². The third kappa shape index (κ3) is 5.55. The molecule has 0 saturated carbocycles. The predicted octanol–water partition coefficient (Wildman–Crippen LogP) is 6.23. The molecule has 1 fully saturated rings. The van der Waals surface area contributed by atoms with Gasteiger partial charge in [0.1, 0.15) is 5.75 Å².